The van der Waals surface area contributed by atoms with E-state index in [1.165, 1.54) is 37.5 Å². The second-order valence-corrected chi connectivity index (χ2v) is 7.00. The first-order valence-electron chi connectivity index (χ1n) is 9.45. The summed E-state index contributed by atoms with van der Waals surface area (Å²) in [6.45, 7) is 0.616. The largest absolute Gasteiger partial charge is 0.350 e. The average Bonchev–Trinajstić information content (AvgIpc) is 3.15. The average molecular weight is 341 g/mol. The molecule has 2 aliphatic rings. The van der Waals surface area contributed by atoms with Crippen LogP contribution in [-0.4, -0.2) is 29.4 Å². The van der Waals surface area contributed by atoms with Crippen molar-refractivity contribution in [2.24, 2.45) is 0 Å². The summed E-state index contributed by atoms with van der Waals surface area (Å²) in [4.78, 5) is 28.7. The molecule has 0 bridgehead atoms. The number of nitrogens with zero attached hydrogens (tertiary/aromatic N) is 1. The van der Waals surface area contributed by atoms with Crippen molar-refractivity contribution < 1.29 is 9.59 Å². The third kappa shape index (κ3) is 5.15. The van der Waals surface area contributed by atoms with Crippen molar-refractivity contribution in [2.45, 2.75) is 63.8 Å². The van der Waals surface area contributed by atoms with Gasteiger partial charge in [-0.3, -0.25) is 14.6 Å². The summed E-state index contributed by atoms with van der Waals surface area (Å²) in [5.41, 5.74) is 2.24. The molecule has 0 atom stereocenters. The fourth-order valence-corrected chi connectivity index (χ4v) is 3.59. The molecule has 1 aromatic heterocycles. The predicted octanol–water partition coefficient (Wildman–Crippen LogP) is 3.37. The van der Waals surface area contributed by atoms with Crippen molar-refractivity contribution in [3.8, 4) is 0 Å². The highest BCUT2D eigenvalue weighted by atomic mass is 16.2. The number of aromatic nitrogens is 1. The highest BCUT2D eigenvalue weighted by molar-refractivity contribution is 5.98. The number of hydrogen-bond donors (Lipinski definition) is 2. The lowest BCUT2D eigenvalue weighted by atomic mass is 9.97. The summed E-state index contributed by atoms with van der Waals surface area (Å²) in [6, 6.07) is 3.51. The minimum absolute atomic E-state index is 0.115. The Kier molecular flexibility index (Phi) is 6.20. The van der Waals surface area contributed by atoms with Crippen molar-refractivity contribution in [3.05, 3.63) is 41.2 Å². The maximum Gasteiger partial charge on any atom is 0.269 e. The Morgan fingerprint density at radius 1 is 1.12 bits per heavy atom. The molecule has 0 spiro atoms. The molecular weight excluding hydrogens is 314 g/mol. The zero-order chi connectivity index (χ0) is 17.5. The van der Waals surface area contributed by atoms with Gasteiger partial charge < -0.3 is 10.6 Å². The zero-order valence-electron chi connectivity index (χ0n) is 14.7. The number of hydrogen-bond acceptors (Lipinski definition) is 3. The van der Waals surface area contributed by atoms with E-state index >= 15 is 0 Å². The van der Waals surface area contributed by atoms with Gasteiger partial charge in [0.2, 0.25) is 0 Å². The zero-order valence-corrected chi connectivity index (χ0v) is 14.7. The first-order valence-corrected chi connectivity index (χ1v) is 9.45. The number of pyridine rings is 1. The number of rotatable bonds is 6. The molecule has 3 rings (SSSR count). The van der Waals surface area contributed by atoms with Crippen molar-refractivity contribution >= 4 is 11.8 Å². The van der Waals surface area contributed by atoms with Gasteiger partial charge >= 0.3 is 0 Å². The summed E-state index contributed by atoms with van der Waals surface area (Å²) < 4.78 is 0. The number of allylic oxidation sites excluding steroid dienone is 1. The second kappa shape index (κ2) is 8.79. The Hall–Kier alpha value is -2.17. The van der Waals surface area contributed by atoms with Crippen LogP contribution in [-0.2, 0) is 0 Å². The van der Waals surface area contributed by atoms with Gasteiger partial charge in [0.05, 0.1) is 0 Å². The standard InChI is InChI=1S/C20H27N3O2/c24-19(23-17-8-4-5-9-17)16-11-13-21-18(14-16)20(25)22-12-10-15-6-2-1-3-7-15/h6,11,13-14,17H,1-5,7-10,12H2,(H,22,25)(H,23,24). The molecule has 0 unspecified atom stereocenters. The first-order chi connectivity index (χ1) is 12.2. The molecule has 2 N–H and O–H groups in total. The minimum Gasteiger partial charge on any atom is -0.350 e. The van der Waals surface area contributed by atoms with Crippen LogP contribution in [0.1, 0.15) is 78.6 Å². The summed E-state index contributed by atoms with van der Waals surface area (Å²) in [7, 11) is 0. The van der Waals surface area contributed by atoms with E-state index in [0.29, 0.717) is 17.8 Å². The number of amides is 2. The van der Waals surface area contributed by atoms with E-state index in [4.69, 9.17) is 0 Å². The maximum absolute atomic E-state index is 12.3. The maximum atomic E-state index is 12.3. The monoisotopic (exact) mass is 341 g/mol. The molecule has 5 nitrogen and oxygen atoms in total. The van der Waals surface area contributed by atoms with E-state index in [-0.39, 0.29) is 17.9 Å². The van der Waals surface area contributed by atoms with Gasteiger partial charge in [0, 0.05) is 24.3 Å². The molecule has 134 valence electrons. The van der Waals surface area contributed by atoms with Gasteiger partial charge in [-0.05, 0) is 57.1 Å². The van der Waals surface area contributed by atoms with Crippen molar-refractivity contribution in [2.75, 3.05) is 6.54 Å². The van der Waals surface area contributed by atoms with Gasteiger partial charge in [0.25, 0.3) is 11.8 Å². The summed E-state index contributed by atoms with van der Waals surface area (Å²) in [5.74, 6) is -0.331. The fourth-order valence-electron chi connectivity index (χ4n) is 3.59. The molecule has 2 aliphatic carbocycles. The van der Waals surface area contributed by atoms with Crippen LogP contribution in [0.3, 0.4) is 0 Å². The third-order valence-corrected chi connectivity index (χ3v) is 5.06. The van der Waals surface area contributed by atoms with Crippen LogP contribution in [0.2, 0.25) is 0 Å². The van der Waals surface area contributed by atoms with Crippen LogP contribution in [0.4, 0.5) is 0 Å². The minimum atomic E-state index is -0.216. The third-order valence-electron chi connectivity index (χ3n) is 5.06. The van der Waals surface area contributed by atoms with Crippen LogP contribution < -0.4 is 10.6 Å². The molecule has 1 saturated carbocycles. The Bertz CT molecular complexity index is 648. The molecule has 0 aromatic carbocycles. The van der Waals surface area contributed by atoms with Crippen LogP contribution in [0.25, 0.3) is 0 Å². The van der Waals surface area contributed by atoms with Crippen molar-refractivity contribution in [1.82, 2.24) is 15.6 Å². The van der Waals surface area contributed by atoms with Crippen LogP contribution in [0.15, 0.2) is 30.0 Å². The highest BCUT2D eigenvalue weighted by Crippen LogP contribution is 2.19. The molecule has 2 amide bonds. The molecule has 1 heterocycles. The lowest BCUT2D eigenvalue weighted by Gasteiger charge is -2.13. The van der Waals surface area contributed by atoms with Crippen molar-refractivity contribution in [3.63, 3.8) is 0 Å². The predicted molar refractivity (Wildman–Crippen MR) is 97.5 cm³/mol. The molecule has 25 heavy (non-hydrogen) atoms. The quantitative estimate of drug-likeness (QED) is 0.779. The van der Waals surface area contributed by atoms with Gasteiger partial charge in [0.15, 0.2) is 0 Å². The van der Waals surface area contributed by atoms with Gasteiger partial charge in [-0.2, -0.15) is 0 Å². The molecule has 1 aromatic rings. The fraction of sp³-hybridized carbons (Fsp3) is 0.550. The Morgan fingerprint density at radius 2 is 1.96 bits per heavy atom. The van der Waals surface area contributed by atoms with Crippen LogP contribution >= 0.6 is 0 Å². The lowest BCUT2D eigenvalue weighted by Crippen LogP contribution is -2.33. The topological polar surface area (TPSA) is 71.1 Å². The van der Waals surface area contributed by atoms with Gasteiger partial charge in [0.1, 0.15) is 5.69 Å². The smallest absolute Gasteiger partial charge is 0.269 e. The first kappa shape index (κ1) is 17.6. The Balaban J connectivity index is 1.51. The molecule has 0 radical (unpaired) electrons. The van der Waals surface area contributed by atoms with Crippen molar-refractivity contribution in [1.29, 1.82) is 0 Å². The number of carbonyl (C=O) groups is 2. The number of nitrogens with one attached hydrogen (secondary N) is 2. The van der Waals surface area contributed by atoms with Gasteiger partial charge in [-0.15, -0.1) is 0 Å². The molecule has 0 saturated heterocycles. The van der Waals surface area contributed by atoms with Crippen LogP contribution in [0, 0.1) is 0 Å². The molecule has 1 fully saturated rings. The van der Waals surface area contributed by atoms with E-state index in [1.54, 1.807) is 12.1 Å². The van der Waals surface area contributed by atoms with E-state index < -0.39 is 0 Å². The lowest BCUT2D eigenvalue weighted by molar-refractivity contribution is 0.0937. The van der Waals surface area contributed by atoms with E-state index in [1.807, 2.05) is 0 Å². The number of carbonyl (C=O) groups excluding carboxylic acids is 2. The molecular formula is C20H27N3O2. The molecule has 5 heteroatoms. The van der Waals surface area contributed by atoms with E-state index in [9.17, 15) is 9.59 Å². The van der Waals surface area contributed by atoms with Gasteiger partial charge in [-0.25, -0.2) is 0 Å². The Labute approximate surface area is 149 Å². The molecule has 0 aliphatic heterocycles. The van der Waals surface area contributed by atoms with E-state index in [0.717, 1.165) is 32.1 Å². The van der Waals surface area contributed by atoms with Crippen LogP contribution in [0.5, 0.6) is 0 Å². The Morgan fingerprint density at radius 3 is 2.72 bits per heavy atom. The summed E-state index contributed by atoms with van der Waals surface area (Å²) in [5, 5.41) is 5.95. The summed E-state index contributed by atoms with van der Waals surface area (Å²) in [6.07, 6.45) is 14.0. The second-order valence-electron chi connectivity index (χ2n) is 7.00. The SMILES string of the molecule is O=C(NC1CCCC1)c1ccnc(C(=O)NCCC2=CCCCC2)c1. The normalized spacial score (nSPS) is 17.8. The van der Waals surface area contributed by atoms with Gasteiger partial charge in [-0.1, -0.05) is 24.5 Å². The highest BCUT2D eigenvalue weighted by Gasteiger charge is 2.19. The summed E-state index contributed by atoms with van der Waals surface area (Å²) >= 11 is 0. The van der Waals surface area contributed by atoms with E-state index in [2.05, 4.69) is 21.7 Å².